The molecule has 118 valence electrons. The van der Waals surface area contributed by atoms with Crippen molar-refractivity contribution in [3.8, 4) is 11.8 Å². The monoisotopic (exact) mass is 319 g/mol. The molecule has 24 heavy (non-hydrogen) atoms. The lowest BCUT2D eigenvalue weighted by atomic mass is 10.1. The van der Waals surface area contributed by atoms with Gasteiger partial charge in [0, 0.05) is 11.9 Å². The first-order valence-corrected chi connectivity index (χ1v) is 7.36. The maximum absolute atomic E-state index is 12.5. The minimum atomic E-state index is -0.655. The molecular weight excluding hydrogens is 306 g/mol. The lowest BCUT2D eigenvalue weighted by molar-refractivity contribution is 0.0728. The number of carbonyl (C=O) groups excluding carboxylic acids is 1. The van der Waals surface area contributed by atoms with Gasteiger partial charge in [-0.1, -0.05) is 18.2 Å². The molecule has 0 aliphatic heterocycles. The molecule has 0 N–H and O–H groups in total. The van der Waals surface area contributed by atoms with E-state index in [0.29, 0.717) is 28.6 Å². The fourth-order valence-electron chi connectivity index (χ4n) is 2.35. The second-order valence-electron chi connectivity index (χ2n) is 5.04. The van der Waals surface area contributed by atoms with Gasteiger partial charge >= 0.3 is 5.97 Å². The number of hydrogen-bond donors (Lipinski definition) is 0. The quantitative estimate of drug-likeness (QED) is 0.547. The number of aromatic nitrogens is 2. The summed E-state index contributed by atoms with van der Waals surface area (Å²) in [5.41, 5.74) is 0.303. The molecule has 0 aliphatic rings. The van der Waals surface area contributed by atoms with Gasteiger partial charge in [0.2, 0.25) is 0 Å². The standard InChI is InChI=1S/C18H13N3O3/c1-2-21-17(22)15-6-4-3-5-14(15)16(20-21)18(23)24-13-9-7-12(11-19)8-10-13/h3-10H,2H2,1H3. The first-order valence-electron chi connectivity index (χ1n) is 7.36. The van der Waals surface area contributed by atoms with Crippen molar-refractivity contribution in [1.29, 1.82) is 5.26 Å². The van der Waals surface area contributed by atoms with Gasteiger partial charge in [-0.05, 0) is 37.3 Å². The molecule has 6 nitrogen and oxygen atoms in total. The van der Waals surface area contributed by atoms with E-state index < -0.39 is 5.97 Å². The van der Waals surface area contributed by atoms with Crippen LogP contribution in [0.2, 0.25) is 0 Å². The molecule has 0 unspecified atom stereocenters. The first kappa shape index (κ1) is 15.4. The summed E-state index contributed by atoms with van der Waals surface area (Å²) in [4.78, 5) is 24.8. The highest BCUT2D eigenvalue weighted by atomic mass is 16.5. The van der Waals surface area contributed by atoms with Crippen molar-refractivity contribution >= 4 is 16.7 Å². The Balaban J connectivity index is 2.04. The van der Waals surface area contributed by atoms with Gasteiger partial charge in [-0.25, -0.2) is 9.48 Å². The van der Waals surface area contributed by atoms with Crippen LogP contribution in [0, 0.1) is 11.3 Å². The molecule has 1 aromatic heterocycles. The number of fused-ring (bicyclic) bond motifs is 1. The molecular formula is C18H13N3O3. The molecule has 0 radical (unpaired) electrons. The third kappa shape index (κ3) is 2.75. The van der Waals surface area contributed by atoms with Crippen LogP contribution in [0.3, 0.4) is 0 Å². The van der Waals surface area contributed by atoms with Gasteiger partial charge in [0.25, 0.3) is 5.56 Å². The molecule has 3 rings (SSSR count). The Kier molecular flexibility index (Phi) is 4.08. The van der Waals surface area contributed by atoms with Gasteiger partial charge in [-0.3, -0.25) is 4.79 Å². The summed E-state index contributed by atoms with van der Waals surface area (Å²) in [6.45, 7) is 2.12. The number of aryl methyl sites for hydroxylation is 1. The zero-order chi connectivity index (χ0) is 17.1. The number of carbonyl (C=O) groups is 1. The number of nitriles is 1. The molecule has 0 spiro atoms. The predicted octanol–water partition coefficient (Wildman–Crippen LogP) is 2.51. The van der Waals surface area contributed by atoms with Gasteiger partial charge < -0.3 is 4.74 Å². The van der Waals surface area contributed by atoms with E-state index >= 15 is 0 Å². The highest BCUT2D eigenvalue weighted by Crippen LogP contribution is 2.17. The van der Waals surface area contributed by atoms with Gasteiger partial charge in [-0.15, -0.1) is 0 Å². The van der Waals surface area contributed by atoms with Crippen LogP contribution in [0.1, 0.15) is 23.0 Å². The van der Waals surface area contributed by atoms with E-state index in [-0.39, 0.29) is 11.3 Å². The van der Waals surface area contributed by atoms with Crippen LogP contribution in [0.15, 0.2) is 53.3 Å². The van der Waals surface area contributed by atoms with Crippen LogP contribution >= 0.6 is 0 Å². The van der Waals surface area contributed by atoms with Gasteiger partial charge in [0.05, 0.1) is 17.0 Å². The van der Waals surface area contributed by atoms with Crippen LogP contribution in [0.4, 0.5) is 0 Å². The van der Waals surface area contributed by atoms with Crippen LogP contribution in [0.5, 0.6) is 5.75 Å². The van der Waals surface area contributed by atoms with Crippen molar-refractivity contribution in [3.05, 3.63) is 70.1 Å². The second-order valence-corrected chi connectivity index (χ2v) is 5.04. The van der Waals surface area contributed by atoms with Crippen LogP contribution in [0.25, 0.3) is 10.8 Å². The molecule has 0 saturated heterocycles. The minimum absolute atomic E-state index is 0.0800. The SMILES string of the molecule is CCn1nc(C(=O)Oc2ccc(C#N)cc2)c2ccccc2c1=O. The maximum Gasteiger partial charge on any atom is 0.364 e. The van der Waals surface area contributed by atoms with Crippen molar-refractivity contribution in [3.63, 3.8) is 0 Å². The average Bonchev–Trinajstić information content (AvgIpc) is 2.63. The summed E-state index contributed by atoms with van der Waals surface area (Å²) in [5, 5.41) is 13.8. The number of hydrogen-bond acceptors (Lipinski definition) is 5. The predicted molar refractivity (Wildman–Crippen MR) is 87.8 cm³/mol. The van der Waals surface area contributed by atoms with Crippen molar-refractivity contribution in [2.45, 2.75) is 13.5 Å². The smallest absolute Gasteiger partial charge is 0.364 e. The molecule has 3 aromatic rings. The van der Waals surface area contributed by atoms with Crippen LogP contribution in [-0.2, 0) is 6.54 Å². The average molecular weight is 319 g/mol. The summed E-state index contributed by atoms with van der Waals surface area (Å²) < 4.78 is 6.56. The molecule has 0 saturated carbocycles. The topological polar surface area (TPSA) is 85.0 Å². The highest BCUT2D eigenvalue weighted by Gasteiger charge is 2.18. The van der Waals surface area contributed by atoms with Crippen molar-refractivity contribution in [2.24, 2.45) is 0 Å². The summed E-state index contributed by atoms with van der Waals surface area (Å²) in [6, 6.07) is 15.0. The third-order valence-electron chi connectivity index (χ3n) is 3.55. The van der Waals surface area contributed by atoms with Crippen LogP contribution < -0.4 is 10.3 Å². The first-order chi connectivity index (χ1) is 11.6. The Morgan fingerprint density at radius 1 is 1.17 bits per heavy atom. The lowest BCUT2D eigenvalue weighted by Gasteiger charge is -2.09. The molecule has 0 bridgehead atoms. The fraction of sp³-hybridized carbons (Fsp3) is 0.111. The zero-order valence-corrected chi connectivity index (χ0v) is 12.9. The van der Waals surface area contributed by atoms with E-state index in [4.69, 9.17) is 10.00 Å². The third-order valence-corrected chi connectivity index (χ3v) is 3.55. The van der Waals surface area contributed by atoms with Crippen LogP contribution in [-0.4, -0.2) is 15.7 Å². The van der Waals surface area contributed by atoms with Gasteiger partial charge in [-0.2, -0.15) is 10.4 Å². The van der Waals surface area contributed by atoms with E-state index in [9.17, 15) is 9.59 Å². The zero-order valence-electron chi connectivity index (χ0n) is 12.9. The molecule has 2 aromatic carbocycles. The largest absolute Gasteiger partial charge is 0.422 e. The van der Waals surface area contributed by atoms with Crippen molar-refractivity contribution in [2.75, 3.05) is 0 Å². The van der Waals surface area contributed by atoms with E-state index in [2.05, 4.69) is 5.10 Å². The second kappa shape index (κ2) is 6.34. The Morgan fingerprint density at radius 2 is 1.83 bits per heavy atom. The molecule has 0 aliphatic carbocycles. The normalized spacial score (nSPS) is 10.3. The van der Waals surface area contributed by atoms with E-state index in [1.807, 2.05) is 6.07 Å². The van der Waals surface area contributed by atoms with Gasteiger partial charge in [0.1, 0.15) is 5.75 Å². The Bertz CT molecular complexity index is 1010. The minimum Gasteiger partial charge on any atom is -0.422 e. The summed E-state index contributed by atoms with van der Waals surface area (Å²) in [6.07, 6.45) is 0. The number of benzene rings is 2. The molecule has 1 heterocycles. The lowest BCUT2D eigenvalue weighted by Crippen LogP contribution is -2.26. The molecule has 6 heteroatoms. The van der Waals surface area contributed by atoms with Crippen molar-refractivity contribution in [1.82, 2.24) is 9.78 Å². The molecule has 0 atom stereocenters. The van der Waals surface area contributed by atoms with E-state index in [1.54, 1.807) is 43.3 Å². The van der Waals surface area contributed by atoms with E-state index in [1.165, 1.54) is 16.8 Å². The highest BCUT2D eigenvalue weighted by molar-refractivity contribution is 6.02. The Labute approximate surface area is 137 Å². The summed E-state index contributed by atoms with van der Waals surface area (Å²) >= 11 is 0. The number of rotatable bonds is 3. The number of ether oxygens (including phenoxy) is 1. The molecule has 0 amide bonds. The fourth-order valence-corrected chi connectivity index (χ4v) is 2.35. The summed E-state index contributed by atoms with van der Waals surface area (Å²) in [7, 11) is 0. The Hall–Kier alpha value is -3.46. The van der Waals surface area contributed by atoms with Gasteiger partial charge in [0.15, 0.2) is 5.69 Å². The van der Waals surface area contributed by atoms with Crippen molar-refractivity contribution < 1.29 is 9.53 Å². The summed E-state index contributed by atoms with van der Waals surface area (Å²) in [5.74, 6) is -0.350. The van der Waals surface area contributed by atoms with E-state index in [0.717, 1.165) is 0 Å². The molecule has 0 fully saturated rings. The number of nitrogens with zero attached hydrogens (tertiary/aromatic N) is 3. The Morgan fingerprint density at radius 3 is 2.46 bits per heavy atom. The number of esters is 1. The maximum atomic E-state index is 12.5.